The molecule has 3 rings (SSSR count). The Morgan fingerprint density at radius 3 is 3.00 bits per heavy atom. The first-order valence-electron chi connectivity index (χ1n) is 6.71. The molecule has 94 valence electrons. The summed E-state index contributed by atoms with van der Waals surface area (Å²) >= 11 is 0. The fraction of sp³-hybridized carbons (Fsp3) is 0.833. The van der Waals surface area contributed by atoms with Gasteiger partial charge in [0, 0.05) is 18.9 Å². The molecule has 1 fully saturated rings. The van der Waals surface area contributed by atoms with Gasteiger partial charge in [-0.3, -0.25) is 0 Å². The minimum Gasteiger partial charge on any atom is -0.310 e. The second-order valence-electron chi connectivity index (χ2n) is 5.17. The molecule has 1 aromatic heterocycles. The number of likely N-dealkylation sites (tertiary alicyclic amines) is 1. The summed E-state index contributed by atoms with van der Waals surface area (Å²) in [5, 5.41) is 4.64. The number of nitrogens with two attached hydrogens (primary N) is 1. The van der Waals surface area contributed by atoms with Crippen LogP contribution in [0.25, 0.3) is 0 Å². The molecule has 2 unspecified atom stereocenters. The molecular weight excluding hydrogens is 214 g/mol. The molecule has 0 saturated carbocycles. The lowest BCUT2D eigenvalue weighted by Gasteiger charge is -2.18. The quantitative estimate of drug-likeness (QED) is 0.826. The average molecular weight is 235 g/mol. The van der Waals surface area contributed by atoms with Gasteiger partial charge in [-0.05, 0) is 32.4 Å². The summed E-state index contributed by atoms with van der Waals surface area (Å²) in [7, 11) is 0. The first-order valence-corrected chi connectivity index (χ1v) is 6.71. The van der Waals surface area contributed by atoms with Crippen LogP contribution in [0, 0.1) is 0 Å². The molecule has 17 heavy (non-hydrogen) atoms. The highest BCUT2D eigenvalue weighted by Crippen LogP contribution is 2.27. The Balaban J connectivity index is 1.80. The van der Waals surface area contributed by atoms with Gasteiger partial charge in [0.15, 0.2) is 5.82 Å². The Kier molecular flexibility index (Phi) is 2.88. The molecule has 2 aliphatic heterocycles. The summed E-state index contributed by atoms with van der Waals surface area (Å²) in [5.41, 5.74) is 6.06. The molecule has 0 aliphatic carbocycles. The van der Waals surface area contributed by atoms with Crippen molar-refractivity contribution in [3.8, 4) is 0 Å². The topological polar surface area (TPSA) is 60.0 Å². The van der Waals surface area contributed by atoms with Gasteiger partial charge in [-0.15, -0.1) is 0 Å². The van der Waals surface area contributed by atoms with Gasteiger partial charge >= 0.3 is 0 Å². The smallest absolute Gasteiger partial charge is 0.155 e. The largest absolute Gasteiger partial charge is 0.310 e. The van der Waals surface area contributed by atoms with Gasteiger partial charge in [-0.1, -0.05) is 6.92 Å². The predicted octanol–water partition coefficient (Wildman–Crippen LogP) is 0.881. The van der Waals surface area contributed by atoms with Gasteiger partial charge in [0.1, 0.15) is 12.0 Å². The van der Waals surface area contributed by atoms with Crippen molar-refractivity contribution in [2.24, 2.45) is 5.73 Å². The zero-order chi connectivity index (χ0) is 11.8. The van der Waals surface area contributed by atoms with Gasteiger partial charge in [0.25, 0.3) is 0 Å². The number of likely N-dealkylation sites (N-methyl/N-ethyl adjacent to an activating group) is 1. The van der Waals surface area contributed by atoms with Crippen molar-refractivity contribution >= 4 is 0 Å². The zero-order valence-corrected chi connectivity index (χ0v) is 10.5. The number of hydrogen-bond donors (Lipinski definition) is 1. The monoisotopic (exact) mass is 235 g/mol. The second kappa shape index (κ2) is 4.38. The molecule has 0 spiro atoms. The summed E-state index contributed by atoms with van der Waals surface area (Å²) in [4.78, 5) is 7.16. The summed E-state index contributed by atoms with van der Waals surface area (Å²) in [5.74, 6) is 2.63. The van der Waals surface area contributed by atoms with Crippen LogP contribution in [0.5, 0.6) is 0 Å². The van der Waals surface area contributed by atoms with Gasteiger partial charge < -0.3 is 10.6 Å². The highest BCUT2D eigenvalue weighted by atomic mass is 15.4. The lowest BCUT2D eigenvalue weighted by molar-refractivity contribution is 0.351. The van der Waals surface area contributed by atoms with Crippen molar-refractivity contribution in [3.63, 3.8) is 0 Å². The number of fused-ring (bicyclic) bond motifs is 1. The zero-order valence-electron chi connectivity index (χ0n) is 10.5. The first kappa shape index (κ1) is 11.2. The summed E-state index contributed by atoms with van der Waals surface area (Å²) in [6, 6.07) is 0. The van der Waals surface area contributed by atoms with E-state index in [1.165, 1.54) is 13.0 Å². The minimum absolute atomic E-state index is 0.0451. The van der Waals surface area contributed by atoms with E-state index < -0.39 is 0 Å². The Morgan fingerprint density at radius 1 is 1.41 bits per heavy atom. The Hall–Kier alpha value is -0.940. The van der Waals surface area contributed by atoms with Crippen LogP contribution in [0.3, 0.4) is 0 Å². The van der Waals surface area contributed by atoms with Crippen LogP contribution in [-0.4, -0.2) is 39.3 Å². The minimum atomic E-state index is 0.0451. The van der Waals surface area contributed by atoms with E-state index in [0.29, 0.717) is 5.92 Å². The van der Waals surface area contributed by atoms with Crippen LogP contribution in [0.1, 0.15) is 49.9 Å². The van der Waals surface area contributed by atoms with E-state index in [1.807, 2.05) is 4.68 Å². The van der Waals surface area contributed by atoms with E-state index in [2.05, 4.69) is 16.9 Å². The standard InChI is InChI=1S/C12H21N5/c1-2-16-7-6-9(8-16)12-14-11-5-3-4-10(13)17(11)15-12/h9-10H,2-8,13H2,1H3. The molecule has 5 nitrogen and oxygen atoms in total. The lowest BCUT2D eigenvalue weighted by Crippen LogP contribution is -2.26. The van der Waals surface area contributed by atoms with Crippen molar-refractivity contribution in [2.75, 3.05) is 19.6 Å². The predicted molar refractivity (Wildman–Crippen MR) is 65.7 cm³/mol. The molecule has 5 heteroatoms. The third kappa shape index (κ3) is 1.98. The molecule has 1 aromatic rings. The first-order chi connectivity index (χ1) is 8.28. The molecule has 2 N–H and O–H groups in total. The average Bonchev–Trinajstić information content (AvgIpc) is 2.95. The van der Waals surface area contributed by atoms with Crippen molar-refractivity contribution < 1.29 is 0 Å². The molecule has 0 bridgehead atoms. The maximum atomic E-state index is 6.06. The Labute approximate surface area is 102 Å². The van der Waals surface area contributed by atoms with Crippen molar-refractivity contribution in [1.82, 2.24) is 19.7 Å². The summed E-state index contributed by atoms with van der Waals surface area (Å²) in [6.07, 6.45) is 4.44. The molecular formula is C12H21N5. The van der Waals surface area contributed by atoms with Crippen LogP contribution < -0.4 is 5.73 Å². The number of hydrogen-bond acceptors (Lipinski definition) is 4. The van der Waals surface area contributed by atoms with Gasteiger partial charge in [0.05, 0.1) is 0 Å². The van der Waals surface area contributed by atoms with Crippen LogP contribution in [0.15, 0.2) is 0 Å². The van der Waals surface area contributed by atoms with Crippen LogP contribution >= 0.6 is 0 Å². The van der Waals surface area contributed by atoms with Gasteiger partial charge in [-0.2, -0.15) is 5.10 Å². The fourth-order valence-electron chi connectivity index (χ4n) is 2.91. The number of nitrogens with zero attached hydrogens (tertiary/aromatic N) is 4. The van der Waals surface area contributed by atoms with Crippen LogP contribution in [0.4, 0.5) is 0 Å². The maximum Gasteiger partial charge on any atom is 0.155 e. The fourth-order valence-corrected chi connectivity index (χ4v) is 2.91. The van der Waals surface area contributed by atoms with Crippen LogP contribution in [-0.2, 0) is 6.42 Å². The molecule has 0 aromatic carbocycles. The van der Waals surface area contributed by atoms with Crippen molar-refractivity contribution in [1.29, 1.82) is 0 Å². The van der Waals surface area contributed by atoms with E-state index in [4.69, 9.17) is 10.7 Å². The highest BCUT2D eigenvalue weighted by Gasteiger charge is 2.28. The SMILES string of the molecule is CCN1CCC(c2nc3n(n2)C(N)CCC3)C1. The van der Waals surface area contributed by atoms with Gasteiger partial charge in [-0.25, -0.2) is 9.67 Å². The number of rotatable bonds is 2. The van der Waals surface area contributed by atoms with E-state index in [-0.39, 0.29) is 6.17 Å². The molecule has 0 amide bonds. The highest BCUT2D eigenvalue weighted by molar-refractivity contribution is 5.05. The maximum absolute atomic E-state index is 6.06. The summed E-state index contributed by atoms with van der Waals surface area (Å²) in [6.45, 7) is 5.62. The second-order valence-corrected chi connectivity index (χ2v) is 5.17. The third-order valence-electron chi connectivity index (χ3n) is 4.02. The normalized spacial score (nSPS) is 29.5. The van der Waals surface area contributed by atoms with Crippen molar-refractivity contribution in [2.45, 2.75) is 44.7 Å². The molecule has 2 aliphatic rings. The Bertz CT molecular complexity index is 400. The van der Waals surface area contributed by atoms with Crippen LogP contribution in [0.2, 0.25) is 0 Å². The number of aryl methyl sites for hydroxylation is 1. The molecule has 0 radical (unpaired) electrons. The molecule has 1 saturated heterocycles. The summed E-state index contributed by atoms with van der Waals surface area (Å²) < 4.78 is 1.95. The molecule has 3 heterocycles. The van der Waals surface area contributed by atoms with Gasteiger partial charge in [0.2, 0.25) is 0 Å². The van der Waals surface area contributed by atoms with E-state index in [1.54, 1.807) is 0 Å². The third-order valence-corrected chi connectivity index (χ3v) is 4.02. The molecule has 2 atom stereocenters. The van der Waals surface area contributed by atoms with E-state index in [9.17, 15) is 0 Å². The number of aromatic nitrogens is 3. The van der Waals surface area contributed by atoms with Crippen molar-refractivity contribution in [3.05, 3.63) is 11.6 Å². The van der Waals surface area contributed by atoms with E-state index >= 15 is 0 Å². The lowest BCUT2D eigenvalue weighted by atomic mass is 10.1. The van der Waals surface area contributed by atoms with E-state index in [0.717, 1.165) is 44.0 Å². The Morgan fingerprint density at radius 2 is 2.29 bits per heavy atom.